The van der Waals surface area contributed by atoms with E-state index in [2.05, 4.69) is 11.6 Å². The fourth-order valence-corrected chi connectivity index (χ4v) is 0.950. The predicted molar refractivity (Wildman–Crippen MR) is 28.8 cm³/mol. The van der Waals surface area contributed by atoms with Crippen LogP contribution in [0.3, 0.4) is 0 Å². The normalized spacial score (nSPS) is 36.9. The lowest BCUT2D eigenvalue weighted by Gasteiger charge is -2.23. The number of hydrogen-bond donors (Lipinski definition) is 0. The van der Waals surface area contributed by atoms with Gasteiger partial charge in [-0.25, -0.2) is 13.2 Å². The number of alkyl halides is 6. The maximum absolute atomic E-state index is 12.4. The first kappa shape index (κ1) is 10.6. The van der Waals surface area contributed by atoms with Crippen molar-refractivity contribution in [3.05, 3.63) is 11.7 Å². The van der Waals surface area contributed by atoms with E-state index in [0.717, 1.165) is 0 Å². The summed E-state index contributed by atoms with van der Waals surface area (Å²) >= 11 is 4.12. The second kappa shape index (κ2) is 2.31. The second-order valence-corrected chi connectivity index (χ2v) is 2.87. The molecule has 0 bridgehead atoms. The first-order valence-electron chi connectivity index (χ1n) is 2.76. The van der Waals surface area contributed by atoms with Crippen LogP contribution in [0, 0.1) is 0 Å². The number of allylic oxidation sites excluding steroid dienone is 2. The molecule has 1 rings (SSSR count). The molecular weight excluding hydrogens is 228 g/mol. The molecule has 0 heterocycles. The minimum Gasteiger partial charge on any atom is -0.211 e. The summed E-state index contributed by atoms with van der Waals surface area (Å²) in [5.74, 6) is -17.3. The minimum absolute atomic E-state index is 2.98. The van der Waals surface area contributed by atoms with Gasteiger partial charge in [0.1, 0.15) is 0 Å². The Morgan fingerprint density at radius 2 is 1.23 bits per heavy atom. The van der Waals surface area contributed by atoms with Crippen LogP contribution >= 0.6 is 11.6 Å². The molecule has 0 aliphatic heterocycles. The first-order chi connectivity index (χ1) is 5.57. The van der Waals surface area contributed by atoms with Crippen LogP contribution in [0.4, 0.5) is 30.7 Å². The van der Waals surface area contributed by atoms with Crippen molar-refractivity contribution < 1.29 is 30.7 Å². The van der Waals surface area contributed by atoms with Gasteiger partial charge in [0, 0.05) is 0 Å². The van der Waals surface area contributed by atoms with Gasteiger partial charge in [-0.15, -0.1) is 0 Å². The van der Waals surface area contributed by atoms with Gasteiger partial charge >= 0.3 is 17.0 Å². The highest BCUT2D eigenvalue weighted by molar-refractivity contribution is 6.25. The van der Waals surface area contributed by atoms with E-state index in [1.807, 2.05) is 0 Å². The van der Waals surface area contributed by atoms with Gasteiger partial charge in [0.15, 0.2) is 5.83 Å². The summed E-state index contributed by atoms with van der Waals surface area (Å²) in [4.78, 5) is 0. The lowest BCUT2D eigenvalue weighted by Crippen LogP contribution is -2.48. The topological polar surface area (TPSA) is 0 Å². The lowest BCUT2D eigenvalue weighted by molar-refractivity contribution is -0.215. The van der Waals surface area contributed by atoms with Gasteiger partial charge < -0.3 is 0 Å². The summed E-state index contributed by atoms with van der Waals surface area (Å²) < 4.78 is 85.2. The zero-order valence-corrected chi connectivity index (χ0v) is 6.28. The van der Waals surface area contributed by atoms with E-state index in [-0.39, 0.29) is 0 Å². The van der Waals surface area contributed by atoms with Gasteiger partial charge in [-0.1, -0.05) is 11.6 Å². The van der Waals surface area contributed by atoms with E-state index in [0.29, 0.717) is 0 Å². The van der Waals surface area contributed by atoms with E-state index < -0.39 is 28.6 Å². The third kappa shape index (κ3) is 0.934. The summed E-state index contributed by atoms with van der Waals surface area (Å²) in [5.41, 5.74) is 0. The third-order valence-electron chi connectivity index (χ3n) is 1.53. The molecule has 76 valence electrons. The molecule has 0 nitrogen and oxygen atoms in total. The molecule has 0 amide bonds. The Hall–Kier alpha value is -0.460. The third-order valence-corrected chi connectivity index (χ3v) is 1.94. The second-order valence-electron chi connectivity index (χ2n) is 2.35. The number of rotatable bonds is 0. The van der Waals surface area contributed by atoms with Gasteiger partial charge in [-0.05, 0) is 0 Å². The summed E-state index contributed by atoms with van der Waals surface area (Å²) in [6, 6.07) is 0. The average molecular weight is 228 g/mol. The molecule has 0 saturated heterocycles. The maximum Gasteiger partial charge on any atom is 0.370 e. The maximum atomic E-state index is 12.4. The minimum atomic E-state index is -5.63. The van der Waals surface area contributed by atoms with Crippen LogP contribution in [0.1, 0.15) is 0 Å². The van der Waals surface area contributed by atoms with Gasteiger partial charge in [-0.2, -0.15) is 17.6 Å². The largest absolute Gasteiger partial charge is 0.370 e. The fraction of sp³-hybridized carbons (Fsp3) is 0.600. The van der Waals surface area contributed by atoms with E-state index in [4.69, 9.17) is 0 Å². The molecule has 0 fully saturated rings. The Labute approximate surface area is 72.0 Å². The average Bonchev–Trinajstić information content (AvgIpc) is 2.05. The van der Waals surface area contributed by atoms with Crippen LogP contribution in [-0.4, -0.2) is 17.0 Å². The van der Waals surface area contributed by atoms with Gasteiger partial charge in [0.2, 0.25) is 5.83 Å². The summed E-state index contributed by atoms with van der Waals surface area (Å²) in [5, 5.41) is -4.82. The molecular formula is C5ClF7. The van der Waals surface area contributed by atoms with Gasteiger partial charge in [0.25, 0.3) is 0 Å². The Balaban J connectivity index is 3.39. The molecule has 0 spiro atoms. The van der Waals surface area contributed by atoms with Crippen molar-refractivity contribution in [2.45, 2.75) is 17.0 Å². The molecule has 1 aliphatic carbocycles. The standard InChI is InChI=1S/C5ClF7/c6-3(9)1(7)2(8)4(10,11)5(3,12)13. The van der Waals surface area contributed by atoms with Crippen LogP contribution < -0.4 is 0 Å². The lowest BCUT2D eigenvalue weighted by atomic mass is 10.2. The Morgan fingerprint density at radius 3 is 1.31 bits per heavy atom. The first-order valence-corrected chi connectivity index (χ1v) is 3.14. The number of halogens is 8. The van der Waals surface area contributed by atoms with Crippen molar-refractivity contribution >= 4 is 11.6 Å². The van der Waals surface area contributed by atoms with Crippen molar-refractivity contribution in [2.75, 3.05) is 0 Å². The molecule has 0 saturated carbocycles. The van der Waals surface area contributed by atoms with E-state index in [9.17, 15) is 30.7 Å². The smallest absolute Gasteiger partial charge is 0.211 e. The zero-order chi connectivity index (χ0) is 10.7. The highest BCUT2D eigenvalue weighted by Gasteiger charge is 2.80. The monoisotopic (exact) mass is 228 g/mol. The van der Waals surface area contributed by atoms with E-state index in [1.165, 1.54) is 0 Å². The summed E-state index contributed by atoms with van der Waals surface area (Å²) in [6.07, 6.45) is 0. The fourth-order valence-electron chi connectivity index (χ4n) is 0.749. The van der Waals surface area contributed by atoms with Crippen LogP contribution in [0.2, 0.25) is 0 Å². The molecule has 8 heteroatoms. The molecule has 1 aliphatic rings. The molecule has 1 atom stereocenters. The van der Waals surface area contributed by atoms with Crippen molar-refractivity contribution in [3.63, 3.8) is 0 Å². The van der Waals surface area contributed by atoms with Crippen molar-refractivity contribution in [2.24, 2.45) is 0 Å². The van der Waals surface area contributed by atoms with Gasteiger partial charge in [0.05, 0.1) is 0 Å². The molecule has 13 heavy (non-hydrogen) atoms. The Bertz CT molecular complexity index is 253. The zero-order valence-electron chi connectivity index (χ0n) is 5.52. The van der Waals surface area contributed by atoms with Crippen molar-refractivity contribution in [1.82, 2.24) is 0 Å². The Morgan fingerprint density at radius 1 is 0.846 bits per heavy atom. The molecule has 1 unspecified atom stereocenters. The van der Waals surface area contributed by atoms with Crippen LogP contribution in [0.25, 0.3) is 0 Å². The summed E-state index contributed by atoms with van der Waals surface area (Å²) in [6.45, 7) is 0. The molecule has 0 radical (unpaired) electrons. The highest BCUT2D eigenvalue weighted by Crippen LogP contribution is 2.60. The van der Waals surface area contributed by atoms with E-state index >= 15 is 0 Å². The quantitative estimate of drug-likeness (QED) is 0.441. The van der Waals surface area contributed by atoms with Crippen LogP contribution in [-0.2, 0) is 0 Å². The van der Waals surface area contributed by atoms with Crippen LogP contribution in [0.15, 0.2) is 11.7 Å². The molecule has 0 aromatic carbocycles. The predicted octanol–water partition coefficient (Wildman–Crippen LogP) is 3.33. The van der Waals surface area contributed by atoms with E-state index in [1.54, 1.807) is 0 Å². The van der Waals surface area contributed by atoms with Crippen LogP contribution in [0.5, 0.6) is 0 Å². The molecule has 0 aromatic heterocycles. The summed E-state index contributed by atoms with van der Waals surface area (Å²) in [7, 11) is 0. The SMILES string of the molecule is FC1=C(F)C(F)(Cl)C(F)(F)C1(F)F. The highest BCUT2D eigenvalue weighted by atomic mass is 35.5. The Kier molecular flexibility index (Phi) is 1.89. The molecule has 0 aromatic rings. The molecule has 0 N–H and O–H groups in total. The van der Waals surface area contributed by atoms with Crippen molar-refractivity contribution in [3.8, 4) is 0 Å². The number of hydrogen-bond acceptors (Lipinski definition) is 0. The van der Waals surface area contributed by atoms with Crippen molar-refractivity contribution in [1.29, 1.82) is 0 Å². The van der Waals surface area contributed by atoms with Gasteiger partial charge in [-0.3, -0.25) is 0 Å².